The van der Waals surface area contributed by atoms with E-state index in [1.54, 1.807) is 31.1 Å². The van der Waals surface area contributed by atoms with Crippen LogP contribution in [0.2, 0.25) is 0 Å². The molecule has 9 heteroatoms. The number of pyridine rings is 1. The Hall–Kier alpha value is -3.46. The predicted molar refractivity (Wildman–Crippen MR) is 128 cm³/mol. The van der Waals surface area contributed by atoms with Crippen molar-refractivity contribution < 1.29 is 23.8 Å². The normalized spacial score (nSPS) is 19.1. The first-order chi connectivity index (χ1) is 16.2. The average molecular weight is 471 g/mol. The number of urea groups is 1. The molecule has 0 fully saturated rings. The molecule has 0 spiro atoms. The molecule has 0 unspecified atom stereocenters. The topological polar surface area (TPSA) is 95.0 Å². The minimum absolute atomic E-state index is 0.163. The molecule has 3 rings (SSSR count). The van der Waals surface area contributed by atoms with Gasteiger partial charge in [-0.15, -0.1) is 0 Å². The molecule has 3 atom stereocenters. The summed E-state index contributed by atoms with van der Waals surface area (Å²) in [4.78, 5) is 33.5. The number of ether oxygens (including phenoxy) is 1. The SMILES string of the molecule is CC=Cc1cnc2c(c1)C(=O)N([C@@H](C)CO)C[C@@H](C)[C@@H](CN(C)C(=O)Nc1ccc(F)cc1)O2. The van der Waals surface area contributed by atoms with Gasteiger partial charge in [0.05, 0.1) is 19.2 Å². The molecule has 8 nitrogen and oxygen atoms in total. The zero-order valence-corrected chi connectivity index (χ0v) is 19.9. The lowest BCUT2D eigenvalue weighted by Gasteiger charge is -2.37. The van der Waals surface area contributed by atoms with Crippen LogP contribution in [0.15, 0.2) is 42.6 Å². The van der Waals surface area contributed by atoms with E-state index in [-0.39, 0.29) is 42.7 Å². The van der Waals surface area contributed by atoms with Crippen molar-refractivity contribution in [2.24, 2.45) is 5.92 Å². The standard InChI is InChI=1S/C25H31FN4O4/c1-5-6-18-11-21-23(27-12-18)34-22(16(2)13-30(24(21)32)17(3)15-31)14-29(4)25(33)28-20-9-7-19(26)8-10-20/h5-12,16-17,22,31H,13-15H2,1-4H3,(H,28,33)/t16-,17+,22-/m1/s1. The van der Waals surface area contributed by atoms with E-state index in [1.165, 1.54) is 29.2 Å². The number of anilines is 1. The highest BCUT2D eigenvalue weighted by Crippen LogP contribution is 2.27. The molecule has 0 saturated heterocycles. The fourth-order valence-corrected chi connectivity index (χ4v) is 3.72. The smallest absolute Gasteiger partial charge is 0.321 e. The van der Waals surface area contributed by atoms with Gasteiger partial charge in [-0.1, -0.05) is 19.1 Å². The van der Waals surface area contributed by atoms with Crippen LogP contribution in [-0.4, -0.2) is 70.7 Å². The third-order valence-corrected chi connectivity index (χ3v) is 5.80. The van der Waals surface area contributed by atoms with E-state index in [0.29, 0.717) is 17.8 Å². The molecular formula is C25H31FN4O4. The summed E-state index contributed by atoms with van der Waals surface area (Å²) in [5.74, 6) is -0.618. The Kier molecular flexibility index (Phi) is 8.22. The molecular weight excluding hydrogens is 439 g/mol. The minimum Gasteiger partial charge on any atom is -0.472 e. The number of allylic oxidation sites excluding steroid dienone is 1. The van der Waals surface area contributed by atoms with Gasteiger partial charge >= 0.3 is 6.03 Å². The van der Waals surface area contributed by atoms with Crippen LogP contribution in [0, 0.1) is 11.7 Å². The molecule has 34 heavy (non-hydrogen) atoms. The third kappa shape index (κ3) is 5.91. The second-order valence-electron chi connectivity index (χ2n) is 8.56. The number of carbonyl (C=O) groups excluding carboxylic acids is 2. The molecule has 182 valence electrons. The lowest BCUT2D eigenvalue weighted by molar-refractivity contribution is 0.0356. The first-order valence-electron chi connectivity index (χ1n) is 11.2. The van der Waals surface area contributed by atoms with Crippen molar-refractivity contribution in [1.29, 1.82) is 0 Å². The van der Waals surface area contributed by atoms with Crippen LogP contribution >= 0.6 is 0 Å². The van der Waals surface area contributed by atoms with E-state index in [0.717, 1.165) is 5.56 Å². The van der Waals surface area contributed by atoms with Gasteiger partial charge in [0.25, 0.3) is 5.91 Å². The first kappa shape index (κ1) is 25.2. The van der Waals surface area contributed by atoms with Crippen LogP contribution in [0.3, 0.4) is 0 Å². The fraction of sp³-hybridized carbons (Fsp3) is 0.400. The Labute approximate surface area is 199 Å². The Bertz CT molecular complexity index is 1040. The molecule has 0 saturated carbocycles. The van der Waals surface area contributed by atoms with Crippen LogP contribution in [0.5, 0.6) is 5.88 Å². The molecule has 1 aromatic carbocycles. The molecule has 2 heterocycles. The summed E-state index contributed by atoms with van der Waals surface area (Å²) in [6.45, 7) is 5.97. The van der Waals surface area contributed by atoms with Crippen molar-refractivity contribution in [2.45, 2.75) is 32.9 Å². The number of hydrogen-bond acceptors (Lipinski definition) is 5. The summed E-state index contributed by atoms with van der Waals surface area (Å²) in [7, 11) is 1.64. The Morgan fingerprint density at radius 2 is 2.12 bits per heavy atom. The van der Waals surface area contributed by atoms with E-state index >= 15 is 0 Å². The van der Waals surface area contributed by atoms with Gasteiger partial charge in [-0.05, 0) is 49.7 Å². The molecule has 2 aromatic rings. The maximum absolute atomic E-state index is 13.3. The number of aromatic nitrogens is 1. The number of halogens is 1. The number of fused-ring (bicyclic) bond motifs is 1. The second kappa shape index (κ2) is 11.1. The maximum Gasteiger partial charge on any atom is 0.321 e. The van der Waals surface area contributed by atoms with Gasteiger partial charge in [-0.2, -0.15) is 0 Å². The minimum atomic E-state index is -0.468. The zero-order valence-electron chi connectivity index (χ0n) is 19.9. The molecule has 3 amide bonds. The number of aliphatic hydroxyl groups excluding tert-OH is 1. The molecule has 0 radical (unpaired) electrons. The highest BCUT2D eigenvalue weighted by atomic mass is 19.1. The molecule has 1 aliphatic rings. The highest BCUT2D eigenvalue weighted by molar-refractivity contribution is 5.97. The van der Waals surface area contributed by atoms with Gasteiger partial charge < -0.3 is 25.0 Å². The van der Waals surface area contributed by atoms with Gasteiger partial charge in [0, 0.05) is 31.4 Å². The van der Waals surface area contributed by atoms with E-state index in [9.17, 15) is 19.1 Å². The number of nitrogens with zero attached hydrogens (tertiary/aromatic N) is 3. The van der Waals surface area contributed by atoms with Crippen molar-refractivity contribution in [3.8, 4) is 5.88 Å². The summed E-state index contributed by atoms with van der Waals surface area (Å²) in [5.41, 5.74) is 1.55. The molecule has 0 bridgehead atoms. The number of benzene rings is 1. The number of rotatable bonds is 6. The van der Waals surface area contributed by atoms with Crippen LogP contribution in [-0.2, 0) is 0 Å². The number of nitrogens with one attached hydrogen (secondary N) is 1. The Morgan fingerprint density at radius 1 is 1.41 bits per heavy atom. The first-order valence-corrected chi connectivity index (χ1v) is 11.2. The van der Waals surface area contributed by atoms with Gasteiger partial charge in [0.2, 0.25) is 5.88 Å². The lowest BCUT2D eigenvalue weighted by atomic mass is 10.00. The van der Waals surface area contributed by atoms with Crippen LogP contribution in [0.25, 0.3) is 6.08 Å². The van der Waals surface area contributed by atoms with Crippen molar-refractivity contribution in [3.63, 3.8) is 0 Å². The summed E-state index contributed by atoms with van der Waals surface area (Å²) >= 11 is 0. The van der Waals surface area contributed by atoms with Crippen molar-refractivity contribution >= 4 is 23.7 Å². The predicted octanol–water partition coefficient (Wildman–Crippen LogP) is 3.64. The summed E-state index contributed by atoms with van der Waals surface area (Å²) in [6.07, 6.45) is 4.85. The van der Waals surface area contributed by atoms with E-state index in [2.05, 4.69) is 10.3 Å². The third-order valence-electron chi connectivity index (χ3n) is 5.80. The number of hydrogen-bond donors (Lipinski definition) is 2. The monoisotopic (exact) mass is 470 g/mol. The van der Waals surface area contributed by atoms with E-state index < -0.39 is 12.1 Å². The van der Waals surface area contributed by atoms with Crippen molar-refractivity contribution in [2.75, 3.05) is 32.1 Å². The molecule has 0 aliphatic carbocycles. The van der Waals surface area contributed by atoms with E-state index in [1.807, 2.05) is 26.0 Å². The van der Waals surface area contributed by atoms with Crippen LogP contribution in [0.1, 0.15) is 36.7 Å². The van der Waals surface area contributed by atoms with E-state index in [4.69, 9.17) is 4.74 Å². The number of carbonyl (C=O) groups is 2. The van der Waals surface area contributed by atoms with Crippen LogP contribution in [0.4, 0.5) is 14.9 Å². The fourth-order valence-electron chi connectivity index (χ4n) is 3.72. The zero-order chi connectivity index (χ0) is 24.8. The maximum atomic E-state index is 13.3. The molecule has 2 N–H and O–H groups in total. The van der Waals surface area contributed by atoms with Gasteiger partial charge in [0.15, 0.2) is 0 Å². The quantitative estimate of drug-likeness (QED) is 0.672. The summed E-state index contributed by atoms with van der Waals surface area (Å²) in [5, 5.41) is 12.5. The lowest BCUT2D eigenvalue weighted by Crippen LogP contribution is -2.50. The molecule has 1 aliphatic heterocycles. The second-order valence-corrected chi connectivity index (χ2v) is 8.56. The van der Waals surface area contributed by atoms with Crippen LogP contribution < -0.4 is 10.1 Å². The average Bonchev–Trinajstić information content (AvgIpc) is 2.82. The van der Waals surface area contributed by atoms with Crippen molar-refractivity contribution in [1.82, 2.24) is 14.8 Å². The number of aliphatic hydroxyl groups is 1. The summed E-state index contributed by atoms with van der Waals surface area (Å²) < 4.78 is 19.3. The van der Waals surface area contributed by atoms with Crippen molar-refractivity contribution in [3.05, 3.63) is 59.5 Å². The Balaban J connectivity index is 1.85. The van der Waals surface area contributed by atoms with Gasteiger partial charge in [-0.25, -0.2) is 14.2 Å². The molecule has 1 aromatic heterocycles. The summed E-state index contributed by atoms with van der Waals surface area (Å²) in [6, 6.07) is 6.46. The number of likely N-dealkylation sites (N-methyl/N-ethyl adjacent to an activating group) is 1. The van der Waals surface area contributed by atoms with Gasteiger partial charge in [0.1, 0.15) is 17.5 Å². The highest BCUT2D eigenvalue weighted by Gasteiger charge is 2.34. The van der Waals surface area contributed by atoms with Gasteiger partial charge in [-0.3, -0.25) is 4.79 Å². The number of amides is 3. The Morgan fingerprint density at radius 3 is 2.76 bits per heavy atom. The largest absolute Gasteiger partial charge is 0.472 e.